The summed E-state index contributed by atoms with van der Waals surface area (Å²) in [6.07, 6.45) is 8.06. The van der Waals surface area contributed by atoms with Crippen LogP contribution in [0.25, 0.3) is 0 Å². The first-order chi connectivity index (χ1) is 13.4. The molecule has 0 radical (unpaired) electrons. The maximum atomic E-state index is 5.69. The summed E-state index contributed by atoms with van der Waals surface area (Å²) in [5.74, 6) is 0. The Balaban J connectivity index is 0.000000198. The van der Waals surface area contributed by atoms with Gasteiger partial charge in [-0.25, -0.2) is 0 Å². The van der Waals surface area contributed by atoms with E-state index in [1.165, 1.54) is 24.8 Å². The van der Waals surface area contributed by atoms with E-state index in [2.05, 4.69) is 29.6 Å². The van der Waals surface area contributed by atoms with Gasteiger partial charge in [0.05, 0.1) is 32.0 Å². The van der Waals surface area contributed by atoms with Crippen molar-refractivity contribution in [2.75, 3.05) is 46.6 Å². The molecule has 0 aromatic heterocycles. The zero-order valence-electron chi connectivity index (χ0n) is 16.9. The minimum Gasteiger partial charge on any atom is -0.385 e. The molecule has 3 rings (SSSR count). The van der Waals surface area contributed by atoms with E-state index >= 15 is 0 Å². The van der Waals surface area contributed by atoms with E-state index in [0.29, 0.717) is 18.8 Å². The molecule has 154 valence electrons. The average molecular weight is 380 g/mol. The van der Waals surface area contributed by atoms with Gasteiger partial charge < -0.3 is 24.3 Å². The fourth-order valence-electron chi connectivity index (χ4n) is 2.97. The Morgan fingerprint density at radius 1 is 0.852 bits per heavy atom. The monoisotopic (exact) mass is 379 g/mol. The van der Waals surface area contributed by atoms with Gasteiger partial charge in [-0.1, -0.05) is 30.3 Å². The minimum atomic E-state index is 0.439. The Labute approximate surface area is 164 Å². The van der Waals surface area contributed by atoms with Gasteiger partial charge in [-0.2, -0.15) is 0 Å². The molecule has 0 amide bonds. The number of benzene rings is 1. The van der Waals surface area contributed by atoms with Crippen molar-refractivity contribution in [3.05, 3.63) is 35.9 Å². The van der Waals surface area contributed by atoms with E-state index in [1.54, 1.807) is 7.11 Å². The van der Waals surface area contributed by atoms with E-state index in [9.17, 15) is 0 Å². The average Bonchev–Trinajstić information content (AvgIpc) is 2.68. The van der Waals surface area contributed by atoms with Crippen LogP contribution in [0.15, 0.2) is 30.3 Å². The highest BCUT2D eigenvalue weighted by Crippen LogP contribution is 2.22. The van der Waals surface area contributed by atoms with Crippen molar-refractivity contribution >= 4 is 0 Å². The van der Waals surface area contributed by atoms with E-state index < -0.39 is 0 Å². The molecule has 1 aliphatic heterocycles. The molecule has 1 saturated heterocycles. The van der Waals surface area contributed by atoms with Crippen molar-refractivity contribution in [1.29, 1.82) is 0 Å². The second-order valence-electron chi connectivity index (χ2n) is 7.13. The van der Waals surface area contributed by atoms with Gasteiger partial charge in [0.2, 0.25) is 0 Å². The van der Waals surface area contributed by atoms with Crippen molar-refractivity contribution in [2.45, 2.75) is 57.3 Å². The number of nitrogens with one attached hydrogen (secondary N) is 1. The number of methoxy groups -OCH3 is 1. The third-order valence-corrected chi connectivity index (χ3v) is 4.89. The summed E-state index contributed by atoms with van der Waals surface area (Å²) in [5.41, 5.74) is 1.28. The lowest BCUT2D eigenvalue weighted by Gasteiger charge is -2.25. The molecule has 27 heavy (non-hydrogen) atoms. The standard InChI is InChI=1S/C11H23NO3.C11H14O/c1-13-7-2-8-14-9-10-15-11-3-5-12-6-4-11;1-2-5-10(6-3-1)9-12-11-7-4-8-11/h11-12H,2-10H2,1H3;1-3,5-6,11H,4,7-9H2. The SMILES string of the molecule is COCCCOCCOC1CCNCC1.c1ccc(COC2CCC2)cc1. The largest absolute Gasteiger partial charge is 0.385 e. The molecule has 1 aromatic carbocycles. The summed E-state index contributed by atoms with van der Waals surface area (Å²) in [5, 5.41) is 3.31. The highest BCUT2D eigenvalue weighted by molar-refractivity contribution is 5.13. The van der Waals surface area contributed by atoms with Crippen LogP contribution in [0.5, 0.6) is 0 Å². The normalized spacial score (nSPS) is 17.8. The molecule has 2 fully saturated rings. The first-order valence-corrected chi connectivity index (χ1v) is 10.4. The number of hydrogen-bond acceptors (Lipinski definition) is 5. The van der Waals surface area contributed by atoms with Crippen molar-refractivity contribution < 1.29 is 18.9 Å². The van der Waals surface area contributed by atoms with Crippen LogP contribution >= 0.6 is 0 Å². The van der Waals surface area contributed by atoms with Gasteiger partial charge in [0, 0.05) is 20.3 Å². The Morgan fingerprint density at radius 2 is 1.59 bits per heavy atom. The molecule has 0 spiro atoms. The Kier molecular flexibility index (Phi) is 12.4. The molecule has 0 bridgehead atoms. The third kappa shape index (κ3) is 10.8. The molecule has 0 atom stereocenters. The van der Waals surface area contributed by atoms with E-state index in [0.717, 1.165) is 58.8 Å². The summed E-state index contributed by atoms with van der Waals surface area (Å²) in [4.78, 5) is 0. The van der Waals surface area contributed by atoms with E-state index in [-0.39, 0.29) is 0 Å². The van der Waals surface area contributed by atoms with Crippen LogP contribution in [0.2, 0.25) is 0 Å². The van der Waals surface area contributed by atoms with Gasteiger partial charge in [0.25, 0.3) is 0 Å². The van der Waals surface area contributed by atoms with Crippen molar-refractivity contribution in [3.8, 4) is 0 Å². The van der Waals surface area contributed by atoms with Crippen LogP contribution < -0.4 is 5.32 Å². The maximum Gasteiger partial charge on any atom is 0.0720 e. The molecule has 1 heterocycles. The topological polar surface area (TPSA) is 49.0 Å². The van der Waals surface area contributed by atoms with Crippen LogP contribution in [0, 0.1) is 0 Å². The Morgan fingerprint density at radius 3 is 2.26 bits per heavy atom. The molecule has 1 N–H and O–H groups in total. The maximum absolute atomic E-state index is 5.69. The van der Waals surface area contributed by atoms with Gasteiger partial charge in [-0.15, -0.1) is 0 Å². The van der Waals surface area contributed by atoms with Crippen LogP contribution in [0.4, 0.5) is 0 Å². The number of hydrogen-bond donors (Lipinski definition) is 1. The Bertz CT molecular complexity index is 447. The van der Waals surface area contributed by atoms with Gasteiger partial charge in [-0.05, 0) is 57.2 Å². The summed E-state index contributed by atoms with van der Waals surface area (Å²) < 4.78 is 21.7. The van der Waals surface area contributed by atoms with Crippen molar-refractivity contribution in [1.82, 2.24) is 5.32 Å². The summed E-state index contributed by atoms with van der Waals surface area (Å²) >= 11 is 0. The van der Waals surface area contributed by atoms with Crippen LogP contribution in [-0.4, -0.2) is 58.8 Å². The molecular formula is C22H37NO4. The molecule has 2 aliphatic rings. The fraction of sp³-hybridized carbons (Fsp3) is 0.727. The summed E-state index contributed by atoms with van der Waals surface area (Å²) in [6.45, 7) is 5.91. The van der Waals surface area contributed by atoms with Gasteiger partial charge in [0.1, 0.15) is 0 Å². The highest BCUT2D eigenvalue weighted by Gasteiger charge is 2.17. The first-order valence-electron chi connectivity index (χ1n) is 10.4. The second-order valence-corrected chi connectivity index (χ2v) is 7.13. The lowest BCUT2D eigenvalue weighted by atomic mass is 9.96. The zero-order chi connectivity index (χ0) is 19.0. The molecule has 5 heteroatoms. The lowest BCUT2D eigenvalue weighted by molar-refractivity contribution is -0.00973. The molecule has 5 nitrogen and oxygen atoms in total. The number of piperidine rings is 1. The van der Waals surface area contributed by atoms with E-state index in [4.69, 9.17) is 18.9 Å². The molecule has 1 aromatic rings. The van der Waals surface area contributed by atoms with Crippen LogP contribution in [0.3, 0.4) is 0 Å². The zero-order valence-corrected chi connectivity index (χ0v) is 16.9. The minimum absolute atomic E-state index is 0.439. The second kappa shape index (κ2) is 15.0. The highest BCUT2D eigenvalue weighted by atomic mass is 16.5. The molecule has 1 aliphatic carbocycles. The van der Waals surface area contributed by atoms with Crippen LogP contribution in [0.1, 0.15) is 44.1 Å². The smallest absolute Gasteiger partial charge is 0.0720 e. The Hall–Kier alpha value is -0.980. The van der Waals surface area contributed by atoms with Crippen molar-refractivity contribution in [2.24, 2.45) is 0 Å². The number of ether oxygens (including phenoxy) is 4. The first kappa shape index (κ1) is 22.3. The van der Waals surface area contributed by atoms with Crippen LogP contribution in [-0.2, 0) is 25.6 Å². The predicted molar refractivity (Wildman–Crippen MR) is 108 cm³/mol. The molecular weight excluding hydrogens is 342 g/mol. The summed E-state index contributed by atoms with van der Waals surface area (Å²) in [6, 6.07) is 10.4. The quantitative estimate of drug-likeness (QED) is 0.596. The van der Waals surface area contributed by atoms with Crippen molar-refractivity contribution in [3.63, 3.8) is 0 Å². The number of rotatable bonds is 11. The van der Waals surface area contributed by atoms with E-state index in [1.807, 2.05) is 6.07 Å². The summed E-state index contributed by atoms with van der Waals surface area (Å²) in [7, 11) is 1.71. The lowest BCUT2D eigenvalue weighted by Crippen LogP contribution is -2.33. The van der Waals surface area contributed by atoms with Gasteiger partial charge in [0.15, 0.2) is 0 Å². The fourth-order valence-corrected chi connectivity index (χ4v) is 2.97. The third-order valence-electron chi connectivity index (χ3n) is 4.89. The van der Waals surface area contributed by atoms with Gasteiger partial charge >= 0.3 is 0 Å². The molecule has 0 unspecified atom stereocenters. The molecule has 1 saturated carbocycles. The van der Waals surface area contributed by atoms with Gasteiger partial charge in [-0.3, -0.25) is 0 Å². The predicted octanol–water partition coefficient (Wildman–Crippen LogP) is 3.56.